The number of rotatable bonds is 6. The fraction of sp³-hybridized carbons (Fsp3) is 0.381. The highest BCUT2D eigenvalue weighted by Gasteiger charge is 2.22. The Morgan fingerprint density at radius 3 is 2.50 bits per heavy atom. The fourth-order valence-electron chi connectivity index (χ4n) is 3.23. The quantitative estimate of drug-likeness (QED) is 0.769. The summed E-state index contributed by atoms with van der Waals surface area (Å²) in [7, 11) is 0. The molecule has 4 nitrogen and oxygen atoms in total. The first kappa shape index (κ1) is 20.3. The van der Waals surface area contributed by atoms with Crippen LogP contribution < -0.4 is 15.8 Å². The van der Waals surface area contributed by atoms with E-state index < -0.39 is 0 Å². The van der Waals surface area contributed by atoms with E-state index in [2.05, 4.69) is 5.32 Å². The van der Waals surface area contributed by atoms with E-state index in [-0.39, 0.29) is 30.3 Å². The van der Waals surface area contributed by atoms with Crippen LogP contribution in [0.3, 0.4) is 0 Å². The van der Waals surface area contributed by atoms with Gasteiger partial charge in [0.1, 0.15) is 5.75 Å². The van der Waals surface area contributed by atoms with E-state index in [1.165, 1.54) is 12.8 Å². The van der Waals surface area contributed by atoms with E-state index in [9.17, 15) is 4.79 Å². The molecule has 26 heavy (non-hydrogen) atoms. The van der Waals surface area contributed by atoms with E-state index in [1.54, 1.807) is 0 Å². The van der Waals surface area contributed by atoms with Crippen molar-refractivity contribution in [1.82, 2.24) is 0 Å². The molecule has 2 atom stereocenters. The number of anilines is 1. The number of nitrogens with one attached hydrogen (secondary N) is 1. The van der Waals surface area contributed by atoms with E-state index in [4.69, 9.17) is 10.5 Å². The minimum atomic E-state index is -0.334. The predicted molar refractivity (Wildman–Crippen MR) is 108 cm³/mol. The number of amides is 1. The molecule has 0 aliphatic heterocycles. The molecule has 0 heterocycles. The second kappa shape index (κ2) is 9.60. The van der Waals surface area contributed by atoms with E-state index in [0.29, 0.717) is 6.10 Å². The number of carbonyl (C=O) groups excluding carboxylic acids is 1. The van der Waals surface area contributed by atoms with Crippen LogP contribution in [0.2, 0.25) is 0 Å². The molecule has 1 amide bonds. The van der Waals surface area contributed by atoms with Crippen molar-refractivity contribution in [3.8, 4) is 5.75 Å². The second-order valence-electron chi connectivity index (χ2n) is 6.77. The summed E-state index contributed by atoms with van der Waals surface area (Å²) in [6.45, 7) is 1.85. The lowest BCUT2D eigenvalue weighted by atomic mass is 9.94. The third-order valence-corrected chi connectivity index (χ3v) is 4.84. The van der Waals surface area contributed by atoms with Gasteiger partial charge in [-0.15, -0.1) is 12.4 Å². The average Bonchev–Trinajstić information content (AvgIpc) is 3.14. The third-order valence-electron chi connectivity index (χ3n) is 4.84. The van der Waals surface area contributed by atoms with Crippen molar-refractivity contribution in [1.29, 1.82) is 0 Å². The Labute approximate surface area is 161 Å². The van der Waals surface area contributed by atoms with Crippen LogP contribution >= 0.6 is 12.4 Å². The third kappa shape index (κ3) is 5.23. The first-order valence-corrected chi connectivity index (χ1v) is 9.01. The Hall–Kier alpha value is -2.04. The van der Waals surface area contributed by atoms with Gasteiger partial charge >= 0.3 is 0 Å². The zero-order valence-electron chi connectivity index (χ0n) is 15.1. The fourth-order valence-corrected chi connectivity index (χ4v) is 3.23. The predicted octanol–water partition coefficient (Wildman–Crippen LogP) is 4.70. The van der Waals surface area contributed by atoms with Crippen molar-refractivity contribution in [3.05, 3.63) is 60.2 Å². The smallest absolute Gasteiger partial charge is 0.229 e. The average molecular weight is 375 g/mol. The monoisotopic (exact) mass is 374 g/mol. The van der Waals surface area contributed by atoms with Crippen LogP contribution in [0.4, 0.5) is 5.69 Å². The topological polar surface area (TPSA) is 64.3 Å². The molecule has 0 aromatic heterocycles. The minimum Gasteiger partial charge on any atom is -0.490 e. The number of hydrogen-bond acceptors (Lipinski definition) is 3. The zero-order valence-corrected chi connectivity index (χ0v) is 15.9. The molecule has 2 aromatic carbocycles. The normalized spacial score (nSPS) is 16.4. The Bertz CT molecular complexity index is 702. The molecule has 3 rings (SSSR count). The molecule has 1 saturated carbocycles. The molecular formula is C21H27ClN2O2. The number of halogens is 1. The molecule has 1 aliphatic rings. The molecule has 2 unspecified atom stereocenters. The largest absolute Gasteiger partial charge is 0.490 e. The number of benzene rings is 2. The van der Waals surface area contributed by atoms with Crippen molar-refractivity contribution < 1.29 is 9.53 Å². The highest BCUT2D eigenvalue weighted by molar-refractivity contribution is 5.93. The van der Waals surface area contributed by atoms with Gasteiger partial charge in [0.25, 0.3) is 0 Å². The van der Waals surface area contributed by atoms with E-state index >= 15 is 0 Å². The summed E-state index contributed by atoms with van der Waals surface area (Å²) >= 11 is 0. The summed E-state index contributed by atoms with van der Waals surface area (Å²) in [5.41, 5.74) is 7.95. The summed E-state index contributed by atoms with van der Waals surface area (Å²) < 4.78 is 6.00. The van der Waals surface area contributed by atoms with Crippen molar-refractivity contribution in [2.75, 3.05) is 5.32 Å². The second-order valence-corrected chi connectivity index (χ2v) is 6.77. The first-order chi connectivity index (χ1) is 12.1. The van der Waals surface area contributed by atoms with Gasteiger partial charge < -0.3 is 15.8 Å². The van der Waals surface area contributed by atoms with Crippen molar-refractivity contribution in [2.45, 2.75) is 44.8 Å². The van der Waals surface area contributed by atoms with Gasteiger partial charge in [-0.25, -0.2) is 0 Å². The lowest BCUT2D eigenvalue weighted by molar-refractivity contribution is -0.120. The summed E-state index contributed by atoms with van der Waals surface area (Å²) in [5.74, 6) is 0.390. The Kier molecular flexibility index (Phi) is 7.49. The molecule has 1 aliphatic carbocycles. The van der Waals surface area contributed by atoms with Gasteiger partial charge in [-0.05, 0) is 43.4 Å². The van der Waals surface area contributed by atoms with Crippen LogP contribution in [0.15, 0.2) is 54.6 Å². The highest BCUT2D eigenvalue weighted by atomic mass is 35.5. The van der Waals surface area contributed by atoms with E-state index in [1.807, 2.05) is 61.5 Å². The van der Waals surface area contributed by atoms with Crippen LogP contribution in [0.25, 0.3) is 0 Å². The molecule has 0 saturated heterocycles. The number of ether oxygens (including phenoxy) is 1. The standard InChI is InChI=1S/C21H26N2O2.ClH/c1-15(20(22)16-8-3-2-4-9-16)21(24)23-17-10-7-13-19(14-17)25-18-11-5-6-12-18;/h2-4,7-10,13-15,18,20H,5-6,11-12,22H2,1H3,(H,23,24);1H. The molecular weight excluding hydrogens is 348 g/mol. The van der Waals surface area contributed by atoms with Gasteiger partial charge in [-0.1, -0.05) is 43.3 Å². The van der Waals surface area contributed by atoms with Crippen molar-refractivity contribution in [3.63, 3.8) is 0 Å². The molecule has 0 bridgehead atoms. The van der Waals surface area contributed by atoms with Crippen molar-refractivity contribution >= 4 is 24.0 Å². The van der Waals surface area contributed by atoms with Gasteiger partial charge in [-0.2, -0.15) is 0 Å². The van der Waals surface area contributed by atoms with Gasteiger partial charge in [0.2, 0.25) is 5.91 Å². The molecule has 0 radical (unpaired) electrons. The van der Waals surface area contributed by atoms with Gasteiger partial charge in [-0.3, -0.25) is 4.79 Å². The van der Waals surface area contributed by atoms with Crippen LogP contribution in [-0.2, 0) is 4.79 Å². The van der Waals surface area contributed by atoms with Crippen LogP contribution in [-0.4, -0.2) is 12.0 Å². The molecule has 0 spiro atoms. The summed E-state index contributed by atoms with van der Waals surface area (Å²) in [6.07, 6.45) is 4.99. The van der Waals surface area contributed by atoms with Crippen LogP contribution in [0.1, 0.15) is 44.2 Å². The summed E-state index contributed by atoms with van der Waals surface area (Å²) in [6, 6.07) is 17.0. The Balaban J connectivity index is 0.00000243. The van der Waals surface area contributed by atoms with Gasteiger partial charge in [0.05, 0.1) is 12.0 Å². The number of carbonyl (C=O) groups is 1. The zero-order chi connectivity index (χ0) is 17.6. The molecule has 1 fully saturated rings. The first-order valence-electron chi connectivity index (χ1n) is 9.01. The van der Waals surface area contributed by atoms with Crippen LogP contribution in [0.5, 0.6) is 5.75 Å². The Morgan fingerprint density at radius 2 is 1.81 bits per heavy atom. The van der Waals surface area contributed by atoms with E-state index in [0.717, 1.165) is 29.8 Å². The lowest BCUT2D eigenvalue weighted by Gasteiger charge is -2.20. The maximum absolute atomic E-state index is 12.6. The maximum Gasteiger partial charge on any atom is 0.229 e. The highest BCUT2D eigenvalue weighted by Crippen LogP contribution is 2.26. The summed E-state index contributed by atoms with van der Waals surface area (Å²) in [5, 5.41) is 2.96. The van der Waals surface area contributed by atoms with Gasteiger partial charge in [0, 0.05) is 17.8 Å². The Morgan fingerprint density at radius 1 is 1.12 bits per heavy atom. The molecule has 2 aromatic rings. The molecule has 3 N–H and O–H groups in total. The minimum absolute atomic E-state index is 0. The molecule has 140 valence electrons. The number of nitrogens with two attached hydrogens (primary N) is 1. The summed E-state index contributed by atoms with van der Waals surface area (Å²) in [4.78, 5) is 12.6. The SMILES string of the molecule is CC(C(=O)Nc1cccc(OC2CCCC2)c1)C(N)c1ccccc1.Cl. The lowest BCUT2D eigenvalue weighted by Crippen LogP contribution is -2.30. The number of hydrogen-bond donors (Lipinski definition) is 2. The van der Waals surface area contributed by atoms with Crippen LogP contribution in [0, 0.1) is 5.92 Å². The van der Waals surface area contributed by atoms with Crippen molar-refractivity contribution in [2.24, 2.45) is 11.7 Å². The maximum atomic E-state index is 12.6. The van der Waals surface area contributed by atoms with Gasteiger partial charge in [0.15, 0.2) is 0 Å². The molecule has 5 heteroatoms.